The Morgan fingerprint density at radius 1 is 1.00 bits per heavy atom. The van der Waals surface area contributed by atoms with E-state index in [0.29, 0.717) is 36.2 Å². The van der Waals surface area contributed by atoms with Crippen molar-refractivity contribution in [1.82, 2.24) is 15.3 Å². The molecule has 0 aliphatic carbocycles. The fourth-order valence-corrected chi connectivity index (χ4v) is 2.51. The molecule has 0 radical (unpaired) electrons. The van der Waals surface area contributed by atoms with Crippen molar-refractivity contribution in [1.29, 1.82) is 0 Å². The number of rotatable bonds is 8. The minimum Gasteiger partial charge on any atom is -0.497 e. The lowest BCUT2D eigenvalue weighted by Gasteiger charge is -2.10. The van der Waals surface area contributed by atoms with Crippen LogP contribution in [0.5, 0.6) is 11.5 Å². The summed E-state index contributed by atoms with van der Waals surface area (Å²) in [6.45, 7) is 2.45. The van der Waals surface area contributed by atoms with E-state index >= 15 is 0 Å². The molecule has 0 saturated carbocycles. The van der Waals surface area contributed by atoms with Crippen LogP contribution in [0, 0.1) is 6.92 Å². The van der Waals surface area contributed by atoms with Crippen molar-refractivity contribution in [3.63, 3.8) is 0 Å². The summed E-state index contributed by atoms with van der Waals surface area (Å²) in [6.07, 6.45) is 0. The molecule has 0 spiro atoms. The summed E-state index contributed by atoms with van der Waals surface area (Å²) in [5.41, 5.74) is 1.19. The molecule has 0 aliphatic heterocycles. The van der Waals surface area contributed by atoms with Gasteiger partial charge in [0.05, 0.1) is 13.7 Å². The van der Waals surface area contributed by atoms with Gasteiger partial charge in [-0.2, -0.15) is 0 Å². The minimum absolute atomic E-state index is 0.278. The van der Waals surface area contributed by atoms with Gasteiger partial charge in [-0.05, 0) is 43.3 Å². The second kappa shape index (κ2) is 9.36. The van der Waals surface area contributed by atoms with Gasteiger partial charge in [0.1, 0.15) is 35.4 Å². The smallest absolute Gasteiger partial charge is 0.270 e. The third-order valence-corrected chi connectivity index (χ3v) is 3.83. The molecule has 2 N–H and O–H groups in total. The molecule has 2 aromatic carbocycles. The van der Waals surface area contributed by atoms with Crippen LogP contribution < -0.4 is 20.1 Å². The van der Waals surface area contributed by atoms with Crippen molar-refractivity contribution < 1.29 is 14.3 Å². The zero-order chi connectivity index (χ0) is 19.8. The van der Waals surface area contributed by atoms with Gasteiger partial charge in [0.2, 0.25) is 0 Å². The van der Waals surface area contributed by atoms with Gasteiger partial charge in [-0.25, -0.2) is 9.97 Å². The van der Waals surface area contributed by atoms with Crippen LogP contribution in [0.15, 0.2) is 60.7 Å². The molecule has 7 nitrogen and oxygen atoms in total. The Labute approximate surface area is 163 Å². The van der Waals surface area contributed by atoms with E-state index in [-0.39, 0.29) is 5.91 Å². The third-order valence-electron chi connectivity index (χ3n) is 3.83. The van der Waals surface area contributed by atoms with Gasteiger partial charge in [-0.3, -0.25) is 4.79 Å². The van der Waals surface area contributed by atoms with Gasteiger partial charge in [-0.1, -0.05) is 18.2 Å². The topological polar surface area (TPSA) is 85.4 Å². The summed E-state index contributed by atoms with van der Waals surface area (Å²) in [5.74, 6) is 2.28. The molecular formula is C21H22N4O3. The van der Waals surface area contributed by atoms with Gasteiger partial charge in [-0.15, -0.1) is 0 Å². The summed E-state index contributed by atoms with van der Waals surface area (Å²) >= 11 is 0. The molecule has 3 rings (SSSR count). The number of hydrogen-bond acceptors (Lipinski definition) is 6. The molecule has 1 aromatic heterocycles. The summed E-state index contributed by atoms with van der Waals surface area (Å²) in [6, 6.07) is 18.5. The van der Waals surface area contributed by atoms with Gasteiger partial charge in [0.15, 0.2) is 0 Å². The van der Waals surface area contributed by atoms with Crippen molar-refractivity contribution in [2.45, 2.75) is 6.92 Å². The lowest BCUT2D eigenvalue weighted by Crippen LogP contribution is -2.29. The van der Waals surface area contributed by atoms with E-state index in [4.69, 9.17) is 9.47 Å². The molecule has 7 heteroatoms. The van der Waals surface area contributed by atoms with Gasteiger partial charge < -0.3 is 20.1 Å². The largest absolute Gasteiger partial charge is 0.497 e. The SMILES string of the molecule is COc1ccc(OCCNC(=O)c2cc(Nc3ccccc3)nc(C)n2)cc1. The number of ether oxygens (including phenoxy) is 2. The van der Waals surface area contributed by atoms with E-state index in [1.807, 2.05) is 54.6 Å². The maximum atomic E-state index is 12.4. The van der Waals surface area contributed by atoms with E-state index < -0.39 is 0 Å². The zero-order valence-corrected chi connectivity index (χ0v) is 15.8. The fraction of sp³-hybridized carbons (Fsp3) is 0.190. The lowest BCUT2D eigenvalue weighted by molar-refractivity contribution is 0.0941. The maximum Gasteiger partial charge on any atom is 0.270 e. The molecule has 0 aliphatic rings. The van der Waals surface area contributed by atoms with Crippen molar-refractivity contribution in [2.24, 2.45) is 0 Å². The Bertz CT molecular complexity index is 915. The molecule has 1 amide bonds. The van der Waals surface area contributed by atoms with Crippen molar-refractivity contribution in [3.8, 4) is 11.5 Å². The van der Waals surface area contributed by atoms with Crippen molar-refractivity contribution >= 4 is 17.4 Å². The molecule has 0 bridgehead atoms. The highest BCUT2D eigenvalue weighted by molar-refractivity contribution is 5.93. The van der Waals surface area contributed by atoms with E-state index in [1.54, 1.807) is 20.1 Å². The number of amides is 1. The van der Waals surface area contributed by atoms with Crippen molar-refractivity contribution in [3.05, 3.63) is 72.2 Å². The van der Waals surface area contributed by atoms with Crippen LogP contribution in [-0.2, 0) is 0 Å². The van der Waals surface area contributed by atoms with Gasteiger partial charge in [0, 0.05) is 11.8 Å². The first kappa shape index (κ1) is 19.2. The Morgan fingerprint density at radius 3 is 2.43 bits per heavy atom. The number of para-hydroxylation sites is 1. The highest BCUT2D eigenvalue weighted by Crippen LogP contribution is 2.17. The average Bonchev–Trinajstić information content (AvgIpc) is 2.72. The molecular weight excluding hydrogens is 356 g/mol. The maximum absolute atomic E-state index is 12.4. The number of hydrogen-bond donors (Lipinski definition) is 2. The van der Waals surface area contributed by atoms with E-state index in [2.05, 4.69) is 20.6 Å². The lowest BCUT2D eigenvalue weighted by atomic mass is 10.3. The first-order valence-electron chi connectivity index (χ1n) is 8.87. The summed E-state index contributed by atoms with van der Waals surface area (Å²) in [7, 11) is 1.61. The van der Waals surface area contributed by atoms with Crippen LogP contribution in [0.3, 0.4) is 0 Å². The fourth-order valence-electron chi connectivity index (χ4n) is 2.51. The van der Waals surface area contributed by atoms with Crippen LogP contribution in [0.1, 0.15) is 16.3 Å². The molecule has 0 saturated heterocycles. The summed E-state index contributed by atoms with van der Waals surface area (Å²) in [4.78, 5) is 20.9. The van der Waals surface area contributed by atoms with Crippen molar-refractivity contribution in [2.75, 3.05) is 25.6 Å². The number of carbonyl (C=O) groups excluding carboxylic acids is 1. The third kappa shape index (κ3) is 5.44. The molecule has 28 heavy (non-hydrogen) atoms. The van der Waals surface area contributed by atoms with Gasteiger partial charge >= 0.3 is 0 Å². The highest BCUT2D eigenvalue weighted by atomic mass is 16.5. The predicted octanol–water partition coefficient (Wildman–Crippen LogP) is 3.35. The first-order valence-corrected chi connectivity index (χ1v) is 8.87. The Hall–Kier alpha value is -3.61. The monoisotopic (exact) mass is 378 g/mol. The number of methoxy groups -OCH3 is 1. The normalized spacial score (nSPS) is 10.2. The Balaban J connectivity index is 1.53. The minimum atomic E-state index is -0.278. The molecule has 1 heterocycles. The first-order chi connectivity index (χ1) is 13.6. The number of benzene rings is 2. The Kier molecular flexibility index (Phi) is 6.41. The molecule has 144 valence electrons. The summed E-state index contributed by atoms with van der Waals surface area (Å²) < 4.78 is 10.7. The van der Waals surface area contributed by atoms with Crippen LogP contribution in [0.2, 0.25) is 0 Å². The van der Waals surface area contributed by atoms with Gasteiger partial charge in [0.25, 0.3) is 5.91 Å². The van der Waals surface area contributed by atoms with E-state index in [0.717, 1.165) is 11.4 Å². The number of nitrogens with one attached hydrogen (secondary N) is 2. The van der Waals surface area contributed by atoms with Crippen LogP contribution in [0.4, 0.5) is 11.5 Å². The predicted molar refractivity (Wildman–Crippen MR) is 107 cm³/mol. The van der Waals surface area contributed by atoms with E-state index in [1.165, 1.54) is 0 Å². The number of aromatic nitrogens is 2. The highest BCUT2D eigenvalue weighted by Gasteiger charge is 2.10. The average molecular weight is 378 g/mol. The molecule has 0 atom stereocenters. The number of anilines is 2. The van der Waals surface area contributed by atoms with E-state index in [9.17, 15) is 4.79 Å². The second-order valence-corrected chi connectivity index (χ2v) is 5.96. The van der Waals surface area contributed by atoms with Crippen LogP contribution in [0.25, 0.3) is 0 Å². The number of nitrogens with zero attached hydrogens (tertiary/aromatic N) is 2. The number of aryl methyl sites for hydroxylation is 1. The number of carbonyl (C=O) groups is 1. The molecule has 0 unspecified atom stereocenters. The standard InChI is InChI=1S/C21H22N4O3/c1-15-23-19(14-20(24-15)25-16-6-4-3-5-7-16)21(26)22-12-13-28-18-10-8-17(27-2)9-11-18/h3-11,14H,12-13H2,1-2H3,(H,22,26)(H,23,24,25). The quantitative estimate of drug-likeness (QED) is 0.585. The van der Waals surface area contributed by atoms with Crippen LogP contribution >= 0.6 is 0 Å². The second-order valence-electron chi connectivity index (χ2n) is 5.96. The molecule has 3 aromatic rings. The Morgan fingerprint density at radius 2 is 1.71 bits per heavy atom. The summed E-state index contributed by atoms with van der Waals surface area (Å²) in [5, 5.41) is 5.98. The van der Waals surface area contributed by atoms with Crippen LogP contribution in [-0.4, -0.2) is 36.1 Å². The zero-order valence-electron chi connectivity index (χ0n) is 15.8. The molecule has 0 fully saturated rings.